The molecule has 0 aliphatic heterocycles. The van der Waals surface area contributed by atoms with Crippen LogP contribution in [0.25, 0.3) is 0 Å². The highest BCUT2D eigenvalue weighted by molar-refractivity contribution is 7.98. The number of aromatic nitrogens is 2. The van der Waals surface area contributed by atoms with E-state index in [0.717, 1.165) is 10.6 Å². The van der Waals surface area contributed by atoms with Crippen molar-refractivity contribution in [1.29, 1.82) is 0 Å². The highest BCUT2D eigenvalue weighted by Gasteiger charge is 2.12. The monoisotopic (exact) mass is 296 g/mol. The van der Waals surface area contributed by atoms with Crippen LogP contribution in [0, 0.1) is 0 Å². The van der Waals surface area contributed by atoms with Crippen LogP contribution in [0.1, 0.15) is 5.56 Å². The molecule has 1 aromatic heterocycles. The van der Waals surface area contributed by atoms with E-state index in [1.54, 1.807) is 7.11 Å². The molecule has 0 spiro atoms. The maximum Gasteiger partial charge on any atom is 0.195 e. The number of halogens is 1. The molecule has 7 heteroatoms. The molecule has 100 valence electrons. The van der Waals surface area contributed by atoms with Crippen molar-refractivity contribution in [3.8, 4) is 5.75 Å². The van der Waals surface area contributed by atoms with Gasteiger partial charge < -0.3 is 10.2 Å². The summed E-state index contributed by atoms with van der Waals surface area (Å²) in [6, 6.07) is 7.69. The zero-order valence-corrected chi connectivity index (χ0v) is 11.8. The fourth-order valence-electron chi connectivity index (χ4n) is 1.51. The largest absolute Gasteiger partial charge is 0.490 e. The number of nitrogens with two attached hydrogens (primary N) is 1. The first-order valence-electron chi connectivity index (χ1n) is 5.48. The number of hydrogen-bond acceptors (Lipinski definition) is 6. The number of methoxy groups -OCH3 is 1. The molecule has 2 aromatic rings. The Bertz CT molecular complexity index is 567. The molecule has 0 aliphatic rings. The minimum Gasteiger partial charge on any atom is -0.490 e. The van der Waals surface area contributed by atoms with Gasteiger partial charge in [0, 0.05) is 10.8 Å². The molecule has 0 unspecified atom stereocenters. The minimum absolute atomic E-state index is 0.458. The van der Waals surface area contributed by atoms with Crippen LogP contribution < -0.4 is 16.0 Å². The Morgan fingerprint density at radius 3 is 2.84 bits per heavy atom. The summed E-state index contributed by atoms with van der Waals surface area (Å²) in [6.45, 7) is 0. The zero-order chi connectivity index (χ0) is 13.7. The minimum atomic E-state index is 0.458. The second kappa shape index (κ2) is 6.60. The molecular weight excluding hydrogens is 284 g/mol. The summed E-state index contributed by atoms with van der Waals surface area (Å²) >= 11 is 7.63. The topological polar surface area (TPSA) is 73.1 Å². The summed E-state index contributed by atoms with van der Waals surface area (Å²) in [6.07, 6.45) is 1.44. The Balaban J connectivity index is 2.18. The van der Waals surface area contributed by atoms with Crippen LogP contribution >= 0.6 is 23.4 Å². The SMILES string of the molecule is COc1c(NN)ncnc1SCc1ccccc1Cl. The number of nitrogen functional groups attached to an aromatic ring is 1. The van der Waals surface area contributed by atoms with Crippen molar-refractivity contribution in [3.05, 3.63) is 41.2 Å². The molecule has 0 saturated heterocycles. The van der Waals surface area contributed by atoms with Crippen molar-refractivity contribution >= 4 is 29.2 Å². The van der Waals surface area contributed by atoms with Crippen LogP contribution in [-0.4, -0.2) is 17.1 Å². The van der Waals surface area contributed by atoms with Crippen LogP contribution in [0.15, 0.2) is 35.6 Å². The van der Waals surface area contributed by atoms with Crippen LogP contribution in [0.2, 0.25) is 5.02 Å². The third-order valence-electron chi connectivity index (χ3n) is 2.43. The van der Waals surface area contributed by atoms with Gasteiger partial charge in [0.15, 0.2) is 11.6 Å². The van der Waals surface area contributed by atoms with Crippen LogP contribution in [0.4, 0.5) is 5.82 Å². The highest BCUT2D eigenvalue weighted by atomic mass is 35.5. The van der Waals surface area contributed by atoms with E-state index >= 15 is 0 Å². The lowest BCUT2D eigenvalue weighted by atomic mass is 10.2. The molecule has 0 aliphatic carbocycles. The molecule has 0 amide bonds. The van der Waals surface area contributed by atoms with E-state index in [1.165, 1.54) is 18.1 Å². The number of nitrogens with zero attached hydrogens (tertiary/aromatic N) is 2. The molecule has 1 aromatic carbocycles. The van der Waals surface area contributed by atoms with E-state index < -0.39 is 0 Å². The lowest BCUT2D eigenvalue weighted by Gasteiger charge is -2.10. The molecule has 0 saturated carbocycles. The first-order valence-corrected chi connectivity index (χ1v) is 6.84. The van der Waals surface area contributed by atoms with Crippen molar-refractivity contribution in [2.75, 3.05) is 12.5 Å². The average Bonchev–Trinajstić information content (AvgIpc) is 2.45. The number of anilines is 1. The molecule has 0 fully saturated rings. The molecular formula is C12H13ClN4OS. The predicted octanol–water partition coefficient (Wildman–Crippen LogP) is 2.72. The molecule has 1 heterocycles. The molecule has 3 N–H and O–H groups in total. The normalized spacial score (nSPS) is 10.3. The molecule has 2 rings (SSSR count). The Morgan fingerprint density at radius 2 is 2.16 bits per heavy atom. The summed E-state index contributed by atoms with van der Waals surface area (Å²) in [5.41, 5.74) is 3.52. The Labute approximate surface area is 120 Å². The molecule has 5 nitrogen and oxygen atoms in total. The van der Waals surface area contributed by atoms with Gasteiger partial charge in [-0.2, -0.15) is 0 Å². The third kappa shape index (κ3) is 3.28. The Morgan fingerprint density at radius 1 is 1.37 bits per heavy atom. The second-order valence-electron chi connectivity index (χ2n) is 3.59. The number of rotatable bonds is 5. The quantitative estimate of drug-likeness (QED) is 0.382. The van der Waals surface area contributed by atoms with E-state index in [1.807, 2.05) is 24.3 Å². The first kappa shape index (κ1) is 13.9. The third-order valence-corrected chi connectivity index (χ3v) is 3.82. The van der Waals surface area contributed by atoms with Gasteiger partial charge in [0.05, 0.1) is 7.11 Å². The van der Waals surface area contributed by atoms with Gasteiger partial charge in [0.2, 0.25) is 0 Å². The fourth-order valence-corrected chi connectivity index (χ4v) is 2.77. The van der Waals surface area contributed by atoms with Crippen molar-refractivity contribution < 1.29 is 4.74 Å². The fraction of sp³-hybridized carbons (Fsp3) is 0.167. The van der Waals surface area contributed by atoms with Gasteiger partial charge >= 0.3 is 0 Å². The second-order valence-corrected chi connectivity index (χ2v) is 4.96. The van der Waals surface area contributed by atoms with Gasteiger partial charge in [0.25, 0.3) is 0 Å². The van der Waals surface area contributed by atoms with Gasteiger partial charge in [-0.05, 0) is 11.6 Å². The van der Waals surface area contributed by atoms with Crippen LogP contribution in [0.3, 0.4) is 0 Å². The van der Waals surface area contributed by atoms with Gasteiger partial charge in [-0.1, -0.05) is 41.6 Å². The Kier molecular flexibility index (Phi) is 4.84. The number of hydrogen-bond donors (Lipinski definition) is 2. The lowest BCUT2D eigenvalue weighted by molar-refractivity contribution is 0.400. The van der Waals surface area contributed by atoms with Crippen molar-refractivity contribution in [2.45, 2.75) is 10.8 Å². The standard InChI is InChI=1S/C12H13ClN4OS/c1-18-10-11(17-14)15-7-16-12(10)19-6-8-4-2-3-5-9(8)13/h2-5,7H,6,14H2,1H3,(H,15,16,17). The van der Waals surface area contributed by atoms with Crippen molar-refractivity contribution in [3.63, 3.8) is 0 Å². The van der Waals surface area contributed by atoms with E-state index in [-0.39, 0.29) is 0 Å². The number of hydrazine groups is 1. The van der Waals surface area contributed by atoms with E-state index in [0.29, 0.717) is 22.3 Å². The summed E-state index contributed by atoms with van der Waals surface area (Å²) in [7, 11) is 1.55. The van der Waals surface area contributed by atoms with E-state index in [4.69, 9.17) is 22.2 Å². The molecule has 0 bridgehead atoms. The van der Waals surface area contributed by atoms with Crippen molar-refractivity contribution in [1.82, 2.24) is 9.97 Å². The summed E-state index contributed by atoms with van der Waals surface area (Å²) < 4.78 is 5.26. The maximum absolute atomic E-state index is 6.11. The molecule has 0 radical (unpaired) electrons. The number of ether oxygens (including phenoxy) is 1. The van der Waals surface area contributed by atoms with Crippen LogP contribution in [-0.2, 0) is 5.75 Å². The van der Waals surface area contributed by atoms with Gasteiger partial charge in [-0.3, -0.25) is 0 Å². The number of benzene rings is 1. The molecule has 0 atom stereocenters. The average molecular weight is 297 g/mol. The Hall–Kier alpha value is -1.50. The van der Waals surface area contributed by atoms with E-state index in [2.05, 4.69) is 15.4 Å². The van der Waals surface area contributed by atoms with Gasteiger partial charge in [-0.15, -0.1) is 0 Å². The van der Waals surface area contributed by atoms with E-state index in [9.17, 15) is 0 Å². The smallest absolute Gasteiger partial charge is 0.195 e. The zero-order valence-electron chi connectivity index (χ0n) is 10.3. The maximum atomic E-state index is 6.11. The molecule has 19 heavy (non-hydrogen) atoms. The van der Waals surface area contributed by atoms with Crippen molar-refractivity contribution in [2.24, 2.45) is 5.84 Å². The highest BCUT2D eigenvalue weighted by Crippen LogP contribution is 2.34. The summed E-state index contributed by atoms with van der Waals surface area (Å²) in [5.74, 6) is 7.05. The summed E-state index contributed by atoms with van der Waals surface area (Å²) in [4.78, 5) is 8.18. The first-order chi connectivity index (χ1) is 9.26. The number of thioether (sulfide) groups is 1. The van der Waals surface area contributed by atoms with Gasteiger partial charge in [0.1, 0.15) is 11.4 Å². The van der Waals surface area contributed by atoms with Gasteiger partial charge in [-0.25, -0.2) is 15.8 Å². The lowest BCUT2D eigenvalue weighted by Crippen LogP contribution is -2.10. The summed E-state index contributed by atoms with van der Waals surface area (Å²) in [5, 5.41) is 1.45. The van der Waals surface area contributed by atoms with Crippen LogP contribution in [0.5, 0.6) is 5.75 Å². The predicted molar refractivity (Wildman–Crippen MR) is 77.4 cm³/mol. The number of nitrogens with one attached hydrogen (secondary N) is 1.